The van der Waals surface area contributed by atoms with E-state index in [1.807, 2.05) is 43.3 Å². The van der Waals surface area contributed by atoms with Crippen molar-refractivity contribution in [2.24, 2.45) is 5.92 Å². The lowest BCUT2D eigenvalue weighted by Crippen LogP contribution is -1.96. The molecule has 2 aromatic rings. The van der Waals surface area contributed by atoms with Gasteiger partial charge in [0.15, 0.2) is 0 Å². The Balaban J connectivity index is 2.04. The first kappa shape index (κ1) is 13.2. The highest BCUT2D eigenvalue weighted by molar-refractivity contribution is 5.70. The van der Waals surface area contributed by atoms with Crippen LogP contribution in [0, 0.1) is 18.7 Å². The Morgan fingerprint density at radius 1 is 1.15 bits per heavy atom. The van der Waals surface area contributed by atoms with Gasteiger partial charge in [-0.15, -0.1) is 0 Å². The van der Waals surface area contributed by atoms with E-state index < -0.39 is 0 Å². The lowest BCUT2D eigenvalue weighted by atomic mass is 9.96. The highest BCUT2D eigenvalue weighted by Gasteiger charge is 2.23. The lowest BCUT2D eigenvalue weighted by molar-refractivity contribution is 0.415. The minimum atomic E-state index is -0.0734. The van der Waals surface area contributed by atoms with Crippen molar-refractivity contribution in [3.8, 4) is 16.9 Å². The van der Waals surface area contributed by atoms with Crippen LogP contribution in [0.1, 0.15) is 24.0 Å². The van der Waals surface area contributed by atoms with Gasteiger partial charge in [0, 0.05) is 5.56 Å². The molecule has 104 valence electrons. The number of ether oxygens (including phenoxy) is 1. The molecule has 0 spiro atoms. The zero-order valence-corrected chi connectivity index (χ0v) is 11.9. The van der Waals surface area contributed by atoms with Gasteiger partial charge in [-0.05, 0) is 60.9 Å². The molecule has 3 rings (SSSR count). The number of halogens is 1. The summed E-state index contributed by atoms with van der Waals surface area (Å²) in [5.41, 5.74) is 3.50. The third-order valence-corrected chi connectivity index (χ3v) is 4.02. The first-order valence-corrected chi connectivity index (χ1v) is 7.11. The summed E-state index contributed by atoms with van der Waals surface area (Å²) in [5.74, 6) is 1.37. The smallest absolute Gasteiger partial charge is 0.134 e. The fraction of sp³-hybridized carbons (Fsp3) is 0.333. The van der Waals surface area contributed by atoms with Crippen molar-refractivity contribution in [2.75, 3.05) is 7.11 Å². The highest BCUT2D eigenvalue weighted by atomic mass is 19.1. The molecule has 1 aliphatic rings. The summed E-state index contributed by atoms with van der Waals surface area (Å²) in [4.78, 5) is 0. The van der Waals surface area contributed by atoms with Crippen LogP contribution in [0.4, 0.5) is 4.39 Å². The normalized spacial score (nSPS) is 14.3. The molecule has 1 saturated carbocycles. The van der Waals surface area contributed by atoms with Crippen LogP contribution in [0.5, 0.6) is 5.75 Å². The minimum Gasteiger partial charge on any atom is -0.497 e. The third-order valence-electron chi connectivity index (χ3n) is 4.02. The van der Waals surface area contributed by atoms with Gasteiger partial charge in [0.05, 0.1) is 7.11 Å². The topological polar surface area (TPSA) is 9.23 Å². The van der Waals surface area contributed by atoms with E-state index in [0.717, 1.165) is 28.9 Å². The molecule has 1 aliphatic carbocycles. The van der Waals surface area contributed by atoms with Gasteiger partial charge < -0.3 is 4.74 Å². The predicted octanol–water partition coefficient (Wildman–Crippen LogP) is 4.76. The van der Waals surface area contributed by atoms with Crippen molar-refractivity contribution in [3.63, 3.8) is 0 Å². The number of methoxy groups -OCH3 is 1. The number of benzene rings is 2. The Kier molecular flexibility index (Phi) is 3.47. The van der Waals surface area contributed by atoms with Crippen LogP contribution in [0.25, 0.3) is 11.1 Å². The van der Waals surface area contributed by atoms with E-state index in [4.69, 9.17) is 4.74 Å². The minimum absolute atomic E-state index is 0.0734. The van der Waals surface area contributed by atoms with Gasteiger partial charge in [-0.3, -0.25) is 0 Å². The third kappa shape index (κ3) is 2.55. The fourth-order valence-electron chi connectivity index (χ4n) is 2.60. The molecule has 0 heterocycles. The van der Waals surface area contributed by atoms with E-state index in [2.05, 4.69) is 0 Å². The van der Waals surface area contributed by atoms with E-state index in [1.165, 1.54) is 12.8 Å². The van der Waals surface area contributed by atoms with E-state index in [-0.39, 0.29) is 5.82 Å². The van der Waals surface area contributed by atoms with Crippen LogP contribution in [0.3, 0.4) is 0 Å². The molecule has 0 atom stereocenters. The second-order valence-electron chi connectivity index (χ2n) is 5.61. The summed E-state index contributed by atoms with van der Waals surface area (Å²) in [6.45, 7) is 2.00. The second-order valence-corrected chi connectivity index (χ2v) is 5.61. The van der Waals surface area contributed by atoms with Gasteiger partial charge in [-0.2, -0.15) is 0 Å². The van der Waals surface area contributed by atoms with E-state index in [0.29, 0.717) is 11.5 Å². The van der Waals surface area contributed by atoms with Crippen LogP contribution in [-0.2, 0) is 6.42 Å². The molecule has 2 heteroatoms. The second kappa shape index (κ2) is 5.28. The fourth-order valence-corrected chi connectivity index (χ4v) is 2.60. The summed E-state index contributed by atoms with van der Waals surface area (Å²) in [6, 6.07) is 11.5. The zero-order valence-electron chi connectivity index (χ0n) is 11.9. The first-order chi connectivity index (χ1) is 9.69. The van der Waals surface area contributed by atoms with Crippen molar-refractivity contribution in [1.82, 2.24) is 0 Å². The van der Waals surface area contributed by atoms with Crippen LogP contribution in [-0.4, -0.2) is 7.11 Å². The molecule has 0 aromatic heterocycles. The molecule has 0 amide bonds. The number of rotatable bonds is 4. The SMILES string of the molecule is COc1ccc(C)c(-c2cccc(CC3CC3)c2F)c1. The molecular weight excluding hydrogens is 251 g/mol. The molecule has 0 saturated heterocycles. The average Bonchev–Trinajstić information content (AvgIpc) is 3.26. The van der Waals surface area contributed by atoms with Gasteiger partial charge in [0.1, 0.15) is 11.6 Å². The van der Waals surface area contributed by atoms with E-state index >= 15 is 0 Å². The Morgan fingerprint density at radius 2 is 1.95 bits per heavy atom. The Labute approximate surface area is 119 Å². The number of hydrogen-bond acceptors (Lipinski definition) is 1. The Bertz CT molecular complexity index is 629. The van der Waals surface area contributed by atoms with Crippen LogP contribution in [0.2, 0.25) is 0 Å². The maximum atomic E-state index is 14.7. The highest BCUT2D eigenvalue weighted by Crippen LogP contribution is 2.36. The first-order valence-electron chi connectivity index (χ1n) is 7.11. The van der Waals surface area contributed by atoms with E-state index in [1.54, 1.807) is 7.11 Å². The summed E-state index contributed by atoms with van der Waals surface area (Å²) in [5, 5.41) is 0. The summed E-state index contributed by atoms with van der Waals surface area (Å²) >= 11 is 0. The standard InChI is InChI=1S/C18H19FO/c1-12-6-9-15(20-2)11-17(12)16-5-3-4-14(18(16)19)10-13-7-8-13/h3-6,9,11,13H,7-8,10H2,1-2H3. The number of aryl methyl sites for hydroxylation is 1. The molecule has 0 N–H and O–H groups in total. The Morgan fingerprint density at radius 3 is 2.65 bits per heavy atom. The molecule has 2 aromatic carbocycles. The molecule has 0 bridgehead atoms. The van der Waals surface area contributed by atoms with Crippen LogP contribution < -0.4 is 4.74 Å². The molecule has 1 nitrogen and oxygen atoms in total. The quantitative estimate of drug-likeness (QED) is 0.778. The van der Waals surface area contributed by atoms with E-state index in [9.17, 15) is 4.39 Å². The van der Waals surface area contributed by atoms with Crippen molar-refractivity contribution >= 4 is 0 Å². The molecule has 1 fully saturated rings. The van der Waals surface area contributed by atoms with Crippen LogP contribution >= 0.6 is 0 Å². The molecular formula is C18H19FO. The lowest BCUT2D eigenvalue weighted by Gasteiger charge is -2.12. The van der Waals surface area contributed by atoms with Crippen molar-refractivity contribution in [2.45, 2.75) is 26.2 Å². The van der Waals surface area contributed by atoms with Crippen molar-refractivity contribution < 1.29 is 9.13 Å². The average molecular weight is 270 g/mol. The van der Waals surface area contributed by atoms with Gasteiger partial charge in [-0.25, -0.2) is 4.39 Å². The Hall–Kier alpha value is -1.83. The number of hydrogen-bond donors (Lipinski definition) is 0. The zero-order chi connectivity index (χ0) is 14.1. The maximum Gasteiger partial charge on any atom is 0.134 e. The molecule has 0 unspecified atom stereocenters. The summed E-state index contributed by atoms with van der Waals surface area (Å²) in [6.07, 6.45) is 3.34. The predicted molar refractivity (Wildman–Crippen MR) is 79.6 cm³/mol. The van der Waals surface area contributed by atoms with Gasteiger partial charge >= 0.3 is 0 Å². The maximum absolute atomic E-state index is 14.7. The van der Waals surface area contributed by atoms with Gasteiger partial charge in [0.25, 0.3) is 0 Å². The van der Waals surface area contributed by atoms with Crippen molar-refractivity contribution in [3.05, 3.63) is 53.3 Å². The summed E-state index contributed by atoms with van der Waals surface area (Å²) in [7, 11) is 1.63. The van der Waals surface area contributed by atoms with Crippen molar-refractivity contribution in [1.29, 1.82) is 0 Å². The largest absolute Gasteiger partial charge is 0.497 e. The van der Waals surface area contributed by atoms with Crippen LogP contribution in [0.15, 0.2) is 36.4 Å². The van der Waals surface area contributed by atoms with Gasteiger partial charge in [-0.1, -0.05) is 24.3 Å². The van der Waals surface area contributed by atoms with Gasteiger partial charge in [0.2, 0.25) is 0 Å². The monoisotopic (exact) mass is 270 g/mol. The molecule has 0 radical (unpaired) electrons. The molecule has 20 heavy (non-hydrogen) atoms. The molecule has 0 aliphatic heterocycles. The summed E-state index contributed by atoms with van der Waals surface area (Å²) < 4.78 is 20.0.